The molecule has 0 radical (unpaired) electrons. The zero-order valence-electron chi connectivity index (χ0n) is 17.0. The number of nitrogens with zero attached hydrogens (tertiary/aromatic N) is 1. The van der Waals surface area contributed by atoms with Crippen molar-refractivity contribution in [3.8, 4) is 0 Å². The normalized spacial score (nSPS) is 12.5. The van der Waals surface area contributed by atoms with E-state index in [1.807, 2.05) is 45.2 Å². The van der Waals surface area contributed by atoms with E-state index in [1.165, 1.54) is 10.8 Å². The summed E-state index contributed by atoms with van der Waals surface area (Å²) in [7, 11) is 1.86. The van der Waals surface area contributed by atoms with E-state index in [4.69, 9.17) is 4.84 Å². The maximum Gasteiger partial charge on any atom is 0.112 e. The number of benzene rings is 2. The molecule has 0 aliphatic carbocycles. The minimum absolute atomic E-state index is 0.0542. The van der Waals surface area contributed by atoms with Crippen LogP contribution in [0, 0.1) is 5.41 Å². The maximum absolute atomic E-state index is 9.88. The number of hydrogen-bond donors (Lipinski definition) is 1. The highest BCUT2D eigenvalue weighted by Crippen LogP contribution is 2.19. The molecule has 0 aromatic heterocycles. The fraction of sp³-hybridized carbons (Fsp3) is 0.391. The van der Waals surface area contributed by atoms with Gasteiger partial charge in [0.25, 0.3) is 0 Å². The van der Waals surface area contributed by atoms with Crippen molar-refractivity contribution in [2.24, 2.45) is 5.41 Å². The molecule has 0 bridgehead atoms. The highest BCUT2D eigenvalue weighted by atomic mass is 16.7. The molecule has 0 aliphatic rings. The lowest BCUT2D eigenvalue weighted by molar-refractivity contribution is -0.142. The molecule has 3 heteroatoms. The third kappa shape index (κ3) is 7.85. The Balaban J connectivity index is 0.00000163. The second-order valence-corrected chi connectivity index (χ2v) is 7.05. The van der Waals surface area contributed by atoms with E-state index < -0.39 is 0 Å². The van der Waals surface area contributed by atoms with E-state index in [2.05, 4.69) is 45.0 Å². The minimum Gasteiger partial charge on any atom is -0.508 e. The van der Waals surface area contributed by atoms with Crippen molar-refractivity contribution in [3.63, 3.8) is 0 Å². The third-order valence-electron chi connectivity index (χ3n) is 3.63. The second-order valence-electron chi connectivity index (χ2n) is 7.05. The average molecular weight is 356 g/mol. The predicted molar refractivity (Wildman–Crippen MR) is 112 cm³/mol. The largest absolute Gasteiger partial charge is 0.508 e. The molecule has 0 amide bonds. The fourth-order valence-corrected chi connectivity index (χ4v) is 2.28. The minimum atomic E-state index is 0.0542. The van der Waals surface area contributed by atoms with E-state index in [-0.39, 0.29) is 11.2 Å². The van der Waals surface area contributed by atoms with Crippen molar-refractivity contribution in [1.82, 2.24) is 5.06 Å². The van der Waals surface area contributed by atoms with Crippen LogP contribution in [0.2, 0.25) is 0 Å². The summed E-state index contributed by atoms with van der Waals surface area (Å²) >= 11 is 0. The lowest BCUT2D eigenvalue weighted by atomic mass is 9.96. The van der Waals surface area contributed by atoms with Crippen molar-refractivity contribution in [2.45, 2.75) is 41.2 Å². The molecule has 0 saturated carbocycles. The van der Waals surface area contributed by atoms with Crippen LogP contribution in [-0.4, -0.2) is 23.8 Å². The SMILES string of the molecule is CC.CN(C/C=C(O)/C=C/C(C)(C)C)OCc1cccc2ccccc12. The number of fused-ring (bicyclic) bond motifs is 1. The van der Waals surface area contributed by atoms with E-state index in [9.17, 15) is 5.11 Å². The number of allylic oxidation sites excluding steroid dienone is 2. The first-order chi connectivity index (χ1) is 12.3. The van der Waals surface area contributed by atoms with Gasteiger partial charge in [-0.3, -0.25) is 4.84 Å². The second kappa shape index (κ2) is 10.8. The lowest BCUT2D eigenvalue weighted by Gasteiger charge is -2.16. The molecule has 2 aromatic carbocycles. The van der Waals surface area contributed by atoms with E-state index >= 15 is 0 Å². The summed E-state index contributed by atoms with van der Waals surface area (Å²) in [6.45, 7) is 11.3. The standard InChI is InChI=1S/C21H27NO2.C2H6/c1-21(2,3)14-12-19(23)13-15-22(4)24-16-18-10-7-9-17-8-5-6-11-20(17)18;1-2/h5-14,23H,15-16H2,1-4H3;1-2H3/b14-12+,19-13-;. The van der Waals surface area contributed by atoms with Gasteiger partial charge in [0.05, 0.1) is 6.61 Å². The van der Waals surface area contributed by atoms with Gasteiger partial charge in [-0.05, 0) is 33.9 Å². The van der Waals surface area contributed by atoms with Crippen LogP contribution >= 0.6 is 0 Å². The van der Waals surface area contributed by atoms with Gasteiger partial charge in [0.1, 0.15) is 5.76 Å². The topological polar surface area (TPSA) is 32.7 Å². The molecular formula is C23H33NO2. The summed E-state index contributed by atoms with van der Waals surface area (Å²) in [5, 5.41) is 14.0. The summed E-state index contributed by atoms with van der Waals surface area (Å²) in [5.41, 5.74) is 1.21. The Morgan fingerprint density at radius 1 is 1.08 bits per heavy atom. The van der Waals surface area contributed by atoms with Crippen LogP contribution in [-0.2, 0) is 11.4 Å². The molecule has 0 unspecified atom stereocenters. The van der Waals surface area contributed by atoms with Crippen LogP contribution in [0.5, 0.6) is 0 Å². The summed E-state index contributed by atoms with van der Waals surface area (Å²) in [5.74, 6) is 0.255. The Morgan fingerprint density at radius 2 is 1.73 bits per heavy atom. The van der Waals surface area contributed by atoms with Gasteiger partial charge < -0.3 is 5.11 Å². The molecule has 1 N–H and O–H groups in total. The van der Waals surface area contributed by atoms with Gasteiger partial charge >= 0.3 is 0 Å². The van der Waals surface area contributed by atoms with Gasteiger partial charge in [-0.15, -0.1) is 0 Å². The Labute approximate surface area is 158 Å². The van der Waals surface area contributed by atoms with Crippen molar-refractivity contribution < 1.29 is 9.94 Å². The molecule has 0 saturated heterocycles. The summed E-state index contributed by atoms with van der Waals surface area (Å²) < 4.78 is 0. The van der Waals surface area contributed by atoms with Crippen LogP contribution in [0.3, 0.4) is 0 Å². The van der Waals surface area contributed by atoms with Crippen LogP contribution in [0.4, 0.5) is 0 Å². The Bertz CT molecular complexity index is 721. The highest BCUT2D eigenvalue weighted by molar-refractivity contribution is 5.85. The smallest absolute Gasteiger partial charge is 0.112 e. The predicted octanol–water partition coefficient (Wildman–Crippen LogP) is 6.27. The molecule has 26 heavy (non-hydrogen) atoms. The van der Waals surface area contributed by atoms with Crippen molar-refractivity contribution >= 4 is 10.8 Å². The highest BCUT2D eigenvalue weighted by Gasteiger charge is 2.05. The quantitative estimate of drug-likeness (QED) is 0.376. The van der Waals surface area contributed by atoms with Crippen molar-refractivity contribution in [2.75, 3.05) is 13.6 Å². The molecule has 2 aromatic rings. The summed E-state index contributed by atoms with van der Waals surface area (Å²) in [6, 6.07) is 14.5. The Kier molecular flexibility index (Phi) is 9.11. The first-order valence-corrected chi connectivity index (χ1v) is 9.24. The first kappa shape index (κ1) is 21.9. The summed E-state index contributed by atoms with van der Waals surface area (Å²) in [6.07, 6.45) is 5.46. The van der Waals surface area contributed by atoms with E-state index in [0.29, 0.717) is 13.2 Å². The summed E-state index contributed by atoms with van der Waals surface area (Å²) in [4.78, 5) is 5.79. The van der Waals surface area contributed by atoms with Gasteiger partial charge in [0.15, 0.2) is 0 Å². The van der Waals surface area contributed by atoms with Crippen LogP contribution in [0.15, 0.2) is 66.5 Å². The van der Waals surface area contributed by atoms with Gasteiger partial charge in [-0.2, -0.15) is 5.06 Å². The molecule has 0 spiro atoms. The number of hydroxylamine groups is 2. The maximum atomic E-state index is 9.88. The number of rotatable bonds is 6. The Morgan fingerprint density at radius 3 is 2.42 bits per heavy atom. The van der Waals surface area contributed by atoms with Crippen molar-refractivity contribution in [1.29, 1.82) is 0 Å². The van der Waals surface area contributed by atoms with Gasteiger partial charge in [-0.25, -0.2) is 0 Å². The zero-order chi connectivity index (χ0) is 19.6. The zero-order valence-corrected chi connectivity index (χ0v) is 17.0. The number of aliphatic hydroxyl groups is 1. The molecule has 0 atom stereocenters. The molecule has 2 rings (SSSR count). The van der Waals surface area contributed by atoms with E-state index in [1.54, 1.807) is 17.2 Å². The molecular weight excluding hydrogens is 322 g/mol. The van der Waals surface area contributed by atoms with E-state index in [0.717, 1.165) is 5.56 Å². The number of likely N-dealkylation sites (N-methyl/N-ethyl adjacent to an activating group) is 1. The van der Waals surface area contributed by atoms with Crippen LogP contribution in [0.1, 0.15) is 40.2 Å². The molecule has 0 aliphatic heterocycles. The Hall–Kier alpha value is -2.10. The monoisotopic (exact) mass is 355 g/mol. The lowest BCUT2D eigenvalue weighted by Crippen LogP contribution is -2.19. The number of hydrogen-bond acceptors (Lipinski definition) is 3. The fourth-order valence-electron chi connectivity index (χ4n) is 2.28. The van der Waals surface area contributed by atoms with Crippen LogP contribution < -0.4 is 0 Å². The van der Waals surface area contributed by atoms with Crippen molar-refractivity contribution in [3.05, 3.63) is 72.0 Å². The van der Waals surface area contributed by atoms with Crippen LogP contribution in [0.25, 0.3) is 10.8 Å². The van der Waals surface area contributed by atoms with Gasteiger partial charge in [0.2, 0.25) is 0 Å². The number of aliphatic hydroxyl groups excluding tert-OH is 1. The average Bonchev–Trinajstić information content (AvgIpc) is 2.64. The molecule has 0 fully saturated rings. The molecule has 3 nitrogen and oxygen atoms in total. The van der Waals surface area contributed by atoms with Gasteiger partial charge in [-0.1, -0.05) is 83.2 Å². The first-order valence-electron chi connectivity index (χ1n) is 9.24. The van der Waals surface area contributed by atoms with Gasteiger partial charge in [0, 0.05) is 13.6 Å². The third-order valence-corrected chi connectivity index (χ3v) is 3.63. The molecule has 142 valence electrons. The molecule has 0 heterocycles.